The summed E-state index contributed by atoms with van der Waals surface area (Å²) in [5.74, 6) is 1.08. The third-order valence-corrected chi connectivity index (χ3v) is 5.58. The van der Waals surface area contributed by atoms with Gasteiger partial charge in [-0.15, -0.1) is 0 Å². The number of hydrogen-bond donors (Lipinski definition) is 1. The van der Waals surface area contributed by atoms with E-state index >= 15 is 0 Å². The van der Waals surface area contributed by atoms with Gasteiger partial charge in [0.1, 0.15) is 0 Å². The zero-order valence-electron chi connectivity index (χ0n) is 16.9. The average molecular weight is 395 g/mol. The Morgan fingerprint density at radius 2 is 1.77 bits per heavy atom. The molecule has 1 aliphatic rings. The molecule has 0 bridgehead atoms. The van der Waals surface area contributed by atoms with Crippen LogP contribution in [0.1, 0.15) is 45.2 Å². The summed E-state index contributed by atoms with van der Waals surface area (Å²) in [5.41, 5.74) is 5.47. The fourth-order valence-electron chi connectivity index (χ4n) is 4.02. The molecule has 148 valence electrons. The maximum atomic E-state index is 12.6. The Morgan fingerprint density at radius 3 is 2.60 bits per heavy atom. The molecule has 30 heavy (non-hydrogen) atoms. The van der Waals surface area contributed by atoms with Crippen LogP contribution in [0.3, 0.4) is 0 Å². The van der Waals surface area contributed by atoms with Crippen LogP contribution in [0.4, 0.5) is 11.9 Å². The number of nitrogens with zero attached hydrogens (tertiary/aromatic N) is 4. The number of hydrogen-bond acceptors (Lipinski definition) is 6. The summed E-state index contributed by atoms with van der Waals surface area (Å²) in [6.07, 6.45) is 2.81. The smallest absolute Gasteiger partial charge is 0.230 e. The average Bonchev–Trinajstić information content (AvgIpc) is 2.75. The molecule has 2 aromatic heterocycles. The van der Waals surface area contributed by atoms with Gasteiger partial charge in [0.15, 0.2) is 5.78 Å². The minimum atomic E-state index is 0.0878. The number of benzene rings is 2. The van der Waals surface area contributed by atoms with Gasteiger partial charge in [-0.3, -0.25) is 10.1 Å². The lowest BCUT2D eigenvalue weighted by atomic mass is 9.82. The Morgan fingerprint density at radius 1 is 0.933 bits per heavy atom. The molecule has 1 aliphatic carbocycles. The highest BCUT2D eigenvalue weighted by Gasteiger charge is 2.28. The summed E-state index contributed by atoms with van der Waals surface area (Å²) < 4.78 is 0. The predicted octanol–water partition coefficient (Wildman–Crippen LogP) is 4.69. The van der Waals surface area contributed by atoms with Crippen molar-refractivity contribution in [1.29, 1.82) is 0 Å². The second kappa shape index (κ2) is 7.30. The van der Waals surface area contributed by atoms with Crippen molar-refractivity contribution in [2.75, 3.05) is 5.32 Å². The second-order valence-electron chi connectivity index (χ2n) is 7.77. The number of aromatic nitrogens is 4. The van der Waals surface area contributed by atoms with Crippen LogP contribution in [0.15, 0.2) is 54.7 Å². The van der Waals surface area contributed by atoms with Crippen molar-refractivity contribution >= 4 is 28.6 Å². The van der Waals surface area contributed by atoms with Crippen LogP contribution >= 0.6 is 0 Å². The lowest BCUT2D eigenvalue weighted by molar-refractivity contribution is 0.0962. The minimum Gasteiger partial charge on any atom is -0.294 e. The van der Waals surface area contributed by atoms with Gasteiger partial charge in [-0.2, -0.15) is 0 Å². The first-order valence-corrected chi connectivity index (χ1v) is 10.0. The van der Waals surface area contributed by atoms with Gasteiger partial charge in [-0.05, 0) is 43.9 Å². The number of aryl methyl sites for hydroxylation is 2. The molecule has 6 nitrogen and oxygen atoms in total. The third-order valence-electron chi connectivity index (χ3n) is 5.58. The van der Waals surface area contributed by atoms with Crippen LogP contribution in [-0.4, -0.2) is 25.7 Å². The largest absolute Gasteiger partial charge is 0.294 e. The highest BCUT2D eigenvalue weighted by atomic mass is 16.1. The molecule has 1 atom stereocenters. The van der Waals surface area contributed by atoms with E-state index in [1.54, 1.807) is 6.20 Å². The number of carbonyl (C=O) groups excluding carboxylic acids is 1. The molecule has 4 aromatic rings. The maximum absolute atomic E-state index is 12.6. The highest BCUT2D eigenvalue weighted by molar-refractivity contribution is 5.98. The molecule has 0 spiro atoms. The van der Waals surface area contributed by atoms with E-state index in [0.29, 0.717) is 30.3 Å². The topological polar surface area (TPSA) is 80.7 Å². The quantitative estimate of drug-likeness (QED) is 0.542. The molecular formula is C24H21N5O. The molecule has 2 aromatic carbocycles. The Bertz CT molecular complexity index is 1270. The van der Waals surface area contributed by atoms with Gasteiger partial charge < -0.3 is 0 Å². The van der Waals surface area contributed by atoms with Crippen LogP contribution in [0.25, 0.3) is 10.9 Å². The SMILES string of the molecule is Cc1ccc2nc(Nc3ncc4c(n3)C[C@H](c3ccccc3)CC4=O)nc(C)c2c1. The lowest BCUT2D eigenvalue weighted by Gasteiger charge is -2.23. The van der Waals surface area contributed by atoms with E-state index in [9.17, 15) is 4.79 Å². The lowest BCUT2D eigenvalue weighted by Crippen LogP contribution is -2.21. The van der Waals surface area contributed by atoms with Crippen molar-refractivity contribution in [3.05, 3.63) is 82.8 Å². The van der Waals surface area contributed by atoms with Crippen LogP contribution in [0.5, 0.6) is 0 Å². The summed E-state index contributed by atoms with van der Waals surface area (Å²) in [5, 5.41) is 4.15. The Hall–Kier alpha value is -3.67. The molecule has 2 heterocycles. The summed E-state index contributed by atoms with van der Waals surface area (Å²) in [6, 6.07) is 16.2. The van der Waals surface area contributed by atoms with Crippen LogP contribution < -0.4 is 5.32 Å². The molecule has 0 fully saturated rings. The summed E-state index contributed by atoms with van der Waals surface area (Å²) in [6.45, 7) is 4.02. The Balaban J connectivity index is 1.45. The Labute approximate surface area is 174 Å². The molecule has 0 amide bonds. The van der Waals surface area contributed by atoms with Crippen molar-refractivity contribution in [2.24, 2.45) is 0 Å². The van der Waals surface area contributed by atoms with E-state index in [0.717, 1.165) is 27.9 Å². The van der Waals surface area contributed by atoms with Gasteiger partial charge in [0.2, 0.25) is 11.9 Å². The molecule has 1 N–H and O–H groups in total. The fraction of sp³-hybridized carbons (Fsp3) is 0.208. The third kappa shape index (κ3) is 3.41. The molecule has 6 heteroatoms. The van der Waals surface area contributed by atoms with Gasteiger partial charge in [-0.25, -0.2) is 19.9 Å². The van der Waals surface area contributed by atoms with Gasteiger partial charge in [0.25, 0.3) is 0 Å². The van der Waals surface area contributed by atoms with Crippen molar-refractivity contribution in [3.63, 3.8) is 0 Å². The van der Waals surface area contributed by atoms with Gasteiger partial charge in [-0.1, -0.05) is 42.0 Å². The number of nitrogens with one attached hydrogen (secondary N) is 1. The summed E-state index contributed by atoms with van der Waals surface area (Å²) in [7, 11) is 0. The van der Waals surface area contributed by atoms with Crippen LogP contribution in [0.2, 0.25) is 0 Å². The number of ketones is 1. The molecule has 0 aliphatic heterocycles. The first-order valence-electron chi connectivity index (χ1n) is 10.0. The van der Waals surface area contributed by atoms with Crippen molar-refractivity contribution < 1.29 is 4.79 Å². The van der Waals surface area contributed by atoms with E-state index in [1.807, 2.05) is 37.3 Å². The number of fused-ring (bicyclic) bond motifs is 2. The van der Waals surface area contributed by atoms with E-state index < -0.39 is 0 Å². The molecule has 0 radical (unpaired) electrons. The zero-order chi connectivity index (χ0) is 20.7. The van der Waals surface area contributed by atoms with Crippen LogP contribution in [-0.2, 0) is 6.42 Å². The molecule has 0 saturated heterocycles. The first kappa shape index (κ1) is 18.4. The number of rotatable bonds is 3. The summed E-state index contributed by atoms with van der Waals surface area (Å²) in [4.78, 5) is 30.8. The van der Waals surface area contributed by atoms with Crippen molar-refractivity contribution in [2.45, 2.75) is 32.6 Å². The normalized spacial score (nSPS) is 15.8. The van der Waals surface area contributed by atoms with Gasteiger partial charge in [0, 0.05) is 18.0 Å². The number of Topliss-reactive ketones (excluding diaryl/α,β-unsaturated/α-hetero) is 1. The van der Waals surface area contributed by atoms with E-state index in [1.165, 1.54) is 5.56 Å². The monoisotopic (exact) mass is 395 g/mol. The minimum absolute atomic E-state index is 0.0878. The second-order valence-corrected chi connectivity index (χ2v) is 7.77. The number of anilines is 2. The van der Waals surface area contributed by atoms with E-state index in [4.69, 9.17) is 0 Å². The highest BCUT2D eigenvalue weighted by Crippen LogP contribution is 2.32. The molecule has 0 unspecified atom stereocenters. The van der Waals surface area contributed by atoms with E-state index in [2.05, 4.69) is 50.4 Å². The molecule has 5 rings (SSSR count). The number of carbonyl (C=O) groups is 1. The standard InChI is InChI=1S/C24H21N5O/c1-14-8-9-20-18(10-14)15(2)26-24(27-20)29-23-25-13-19-21(28-23)11-17(12-22(19)30)16-6-4-3-5-7-16/h3-10,13,17H,11-12H2,1-2H3,(H,25,26,27,28,29)/t17-/m0/s1. The van der Waals surface area contributed by atoms with E-state index in [-0.39, 0.29) is 11.7 Å². The van der Waals surface area contributed by atoms with Crippen molar-refractivity contribution in [1.82, 2.24) is 19.9 Å². The van der Waals surface area contributed by atoms with Crippen LogP contribution in [0, 0.1) is 13.8 Å². The molecular weight excluding hydrogens is 374 g/mol. The zero-order valence-corrected chi connectivity index (χ0v) is 16.9. The first-order chi connectivity index (χ1) is 14.6. The summed E-state index contributed by atoms with van der Waals surface area (Å²) >= 11 is 0. The van der Waals surface area contributed by atoms with Crippen molar-refractivity contribution in [3.8, 4) is 0 Å². The molecule has 0 saturated carbocycles. The fourth-order valence-corrected chi connectivity index (χ4v) is 4.02. The maximum Gasteiger partial charge on any atom is 0.230 e. The Kier molecular flexibility index (Phi) is 4.47. The predicted molar refractivity (Wildman–Crippen MR) is 116 cm³/mol. The van der Waals surface area contributed by atoms with Gasteiger partial charge >= 0.3 is 0 Å². The van der Waals surface area contributed by atoms with Gasteiger partial charge in [0.05, 0.1) is 22.5 Å².